The molecule has 2 rings (SSSR count). The number of rotatable bonds is 3. The zero-order valence-electron chi connectivity index (χ0n) is 10.3. The van der Waals surface area contributed by atoms with Crippen molar-refractivity contribution in [3.05, 3.63) is 52.0 Å². The van der Waals surface area contributed by atoms with Gasteiger partial charge in [0.1, 0.15) is 11.8 Å². The van der Waals surface area contributed by atoms with E-state index in [1.54, 1.807) is 0 Å². The quantitative estimate of drug-likeness (QED) is 0.836. The van der Waals surface area contributed by atoms with Gasteiger partial charge in [0.05, 0.1) is 26.2 Å². The van der Waals surface area contributed by atoms with Crippen LogP contribution in [0.5, 0.6) is 5.75 Å². The van der Waals surface area contributed by atoms with Crippen LogP contribution < -0.4 is 4.72 Å². The van der Waals surface area contributed by atoms with Crippen molar-refractivity contribution in [3.8, 4) is 11.8 Å². The van der Waals surface area contributed by atoms with Crippen molar-refractivity contribution in [2.75, 3.05) is 4.72 Å². The fourth-order valence-electron chi connectivity index (χ4n) is 1.54. The topological polar surface area (TPSA) is 90.2 Å². The predicted octanol–water partition coefficient (Wildman–Crippen LogP) is 3.37. The number of nitriles is 1. The lowest BCUT2D eigenvalue weighted by molar-refractivity contribution is 0.475. The van der Waals surface area contributed by atoms with Gasteiger partial charge in [-0.1, -0.05) is 23.2 Å². The maximum absolute atomic E-state index is 12.2. The van der Waals surface area contributed by atoms with Gasteiger partial charge >= 0.3 is 0 Å². The molecule has 0 unspecified atom stereocenters. The zero-order chi connectivity index (χ0) is 15.6. The second kappa shape index (κ2) is 5.82. The Bertz CT molecular complexity index is 845. The van der Waals surface area contributed by atoms with Crippen molar-refractivity contribution >= 4 is 38.9 Å². The van der Waals surface area contributed by atoms with Crippen molar-refractivity contribution in [2.45, 2.75) is 4.90 Å². The third-order valence-corrected chi connectivity index (χ3v) is 4.56. The molecule has 0 fully saturated rings. The maximum atomic E-state index is 12.2. The first-order valence-electron chi connectivity index (χ1n) is 5.54. The van der Waals surface area contributed by atoms with Gasteiger partial charge in [-0.2, -0.15) is 5.26 Å². The van der Waals surface area contributed by atoms with Crippen LogP contribution >= 0.6 is 23.2 Å². The van der Waals surface area contributed by atoms with E-state index in [4.69, 9.17) is 28.5 Å². The minimum atomic E-state index is -3.91. The Hall–Kier alpha value is -1.94. The molecule has 0 aliphatic heterocycles. The highest BCUT2D eigenvalue weighted by atomic mass is 35.5. The van der Waals surface area contributed by atoms with Gasteiger partial charge in [-0.15, -0.1) is 0 Å². The van der Waals surface area contributed by atoms with Crippen LogP contribution in [-0.2, 0) is 10.0 Å². The van der Waals surface area contributed by atoms with Gasteiger partial charge < -0.3 is 5.11 Å². The standard InChI is InChI=1S/C13H8Cl2N2O3S/c14-11-6-10(3-1-8(11)7-16)21(19,20)17-13-4-2-9(18)5-12(13)15/h1-6,17-18H. The smallest absolute Gasteiger partial charge is 0.261 e. The van der Waals surface area contributed by atoms with Crippen molar-refractivity contribution in [1.29, 1.82) is 5.26 Å². The molecule has 21 heavy (non-hydrogen) atoms. The molecule has 2 aromatic rings. The molecule has 2 aromatic carbocycles. The Morgan fingerprint density at radius 3 is 2.38 bits per heavy atom. The third-order valence-electron chi connectivity index (χ3n) is 2.57. The molecule has 0 radical (unpaired) electrons. The second-order valence-corrected chi connectivity index (χ2v) is 6.52. The molecule has 0 bridgehead atoms. The molecule has 0 saturated heterocycles. The van der Waals surface area contributed by atoms with Crippen LogP contribution in [0.1, 0.15) is 5.56 Å². The largest absolute Gasteiger partial charge is 0.508 e. The third kappa shape index (κ3) is 3.39. The number of phenols is 1. The summed E-state index contributed by atoms with van der Waals surface area (Å²) >= 11 is 11.7. The van der Waals surface area contributed by atoms with Crippen molar-refractivity contribution < 1.29 is 13.5 Å². The zero-order valence-corrected chi connectivity index (χ0v) is 12.7. The molecule has 0 amide bonds. The van der Waals surface area contributed by atoms with E-state index in [-0.39, 0.29) is 31.9 Å². The fraction of sp³-hybridized carbons (Fsp3) is 0. The number of hydrogen-bond acceptors (Lipinski definition) is 4. The number of anilines is 1. The summed E-state index contributed by atoms with van der Waals surface area (Å²) in [5, 5.41) is 18.1. The van der Waals surface area contributed by atoms with Crippen LogP contribution in [0.4, 0.5) is 5.69 Å². The SMILES string of the molecule is N#Cc1ccc(S(=O)(=O)Nc2ccc(O)cc2Cl)cc1Cl. The predicted molar refractivity (Wildman–Crippen MR) is 80.1 cm³/mol. The molecule has 0 heterocycles. The van der Waals surface area contributed by atoms with Gasteiger partial charge in [0.25, 0.3) is 10.0 Å². The van der Waals surface area contributed by atoms with E-state index < -0.39 is 10.0 Å². The fourth-order valence-corrected chi connectivity index (χ4v) is 3.22. The molecule has 5 nitrogen and oxygen atoms in total. The van der Waals surface area contributed by atoms with Gasteiger partial charge in [-0.25, -0.2) is 8.42 Å². The summed E-state index contributed by atoms with van der Waals surface area (Å²) in [5.41, 5.74) is 0.299. The van der Waals surface area contributed by atoms with Crippen molar-refractivity contribution in [2.24, 2.45) is 0 Å². The van der Waals surface area contributed by atoms with Crippen LogP contribution in [0.15, 0.2) is 41.3 Å². The Morgan fingerprint density at radius 1 is 1.10 bits per heavy atom. The minimum Gasteiger partial charge on any atom is -0.508 e. The summed E-state index contributed by atoms with van der Waals surface area (Å²) in [6.07, 6.45) is 0. The first-order chi connectivity index (χ1) is 9.83. The van der Waals surface area contributed by atoms with Crippen molar-refractivity contribution in [1.82, 2.24) is 0 Å². The number of halogens is 2. The highest BCUT2D eigenvalue weighted by Crippen LogP contribution is 2.29. The van der Waals surface area contributed by atoms with E-state index in [1.165, 1.54) is 36.4 Å². The molecule has 8 heteroatoms. The number of hydrogen-bond donors (Lipinski definition) is 2. The Balaban J connectivity index is 2.39. The molecular weight excluding hydrogens is 335 g/mol. The van der Waals surface area contributed by atoms with Gasteiger partial charge in [0, 0.05) is 6.07 Å². The van der Waals surface area contributed by atoms with Gasteiger partial charge in [0.15, 0.2) is 0 Å². The molecule has 2 N–H and O–H groups in total. The number of aromatic hydroxyl groups is 1. The molecular formula is C13H8Cl2N2O3S. The molecule has 0 atom stereocenters. The number of nitrogens with one attached hydrogen (secondary N) is 1. The van der Waals surface area contributed by atoms with E-state index in [9.17, 15) is 13.5 Å². The highest BCUT2D eigenvalue weighted by Gasteiger charge is 2.17. The second-order valence-electron chi connectivity index (χ2n) is 4.02. The van der Waals surface area contributed by atoms with E-state index in [1.807, 2.05) is 6.07 Å². The van der Waals surface area contributed by atoms with Crippen LogP contribution in [0.2, 0.25) is 10.0 Å². The Morgan fingerprint density at radius 2 is 1.81 bits per heavy atom. The summed E-state index contributed by atoms with van der Waals surface area (Å²) in [6.45, 7) is 0. The Kier molecular flexibility index (Phi) is 4.28. The molecule has 0 aliphatic rings. The number of sulfonamides is 1. The summed E-state index contributed by atoms with van der Waals surface area (Å²) in [7, 11) is -3.91. The van der Waals surface area contributed by atoms with Crippen LogP contribution in [0, 0.1) is 11.3 Å². The lowest BCUT2D eigenvalue weighted by atomic mass is 10.2. The van der Waals surface area contributed by atoms with Crippen LogP contribution in [0.3, 0.4) is 0 Å². The summed E-state index contributed by atoms with van der Waals surface area (Å²) in [6, 6.07) is 9.45. The summed E-state index contributed by atoms with van der Waals surface area (Å²) < 4.78 is 26.7. The summed E-state index contributed by atoms with van der Waals surface area (Å²) in [4.78, 5) is -0.101. The average Bonchev–Trinajstić information content (AvgIpc) is 2.42. The number of benzene rings is 2. The van der Waals surface area contributed by atoms with E-state index in [0.717, 1.165) is 0 Å². The molecule has 0 aliphatic carbocycles. The molecule has 0 aromatic heterocycles. The lowest BCUT2D eigenvalue weighted by Gasteiger charge is -2.10. The average molecular weight is 343 g/mol. The van der Waals surface area contributed by atoms with Gasteiger partial charge in [0.2, 0.25) is 0 Å². The first-order valence-corrected chi connectivity index (χ1v) is 7.78. The highest BCUT2D eigenvalue weighted by molar-refractivity contribution is 7.92. The van der Waals surface area contributed by atoms with Crippen LogP contribution in [0.25, 0.3) is 0 Å². The first kappa shape index (κ1) is 15.4. The van der Waals surface area contributed by atoms with E-state index in [0.29, 0.717) is 0 Å². The van der Waals surface area contributed by atoms with Crippen LogP contribution in [-0.4, -0.2) is 13.5 Å². The molecule has 0 spiro atoms. The molecule has 0 saturated carbocycles. The maximum Gasteiger partial charge on any atom is 0.261 e. The van der Waals surface area contributed by atoms with E-state index in [2.05, 4.69) is 4.72 Å². The lowest BCUT2D eigenvalue weighted by Crippen LogP contribution is -2.13. The van der Waals surface area contributed by atoms with E-state index >= 15 is 0 Å². The minimum absolute atomic E-state index is 0.0391. The monoisotopic (exact) mass is 342 g/mol. The van der Waals surface area contributed by atoms with Gasteiger partial charge in [-0.05, 0) is 30.3 Å². The van der Waals surface area contributed by atoms with Gasteiger partial charge in [-0.3, -0.25) is 4.72 Å². The Labute approximate surface area is 131 Å². The van der Waals surface area contributed by atoms with Crippen molar-refractivity contribution in [3.63, 3.8) is 0 Å². The number of phenolic OH excluding ortho intramolecular Hbond substituents is 1. The molecule has 108 valence electrons. The normalized spacial score (nSPS) is 10.9. The summed E-state index contributed by atoms with van der Waals surface area (Å²) in [5.74, 6) is -0.0793. The number of nitrogens with zero attached hydrogens (tertiary/aromatic N) is 1.